The average Bonchev–Trinajstić information content (AvgIpc) is 2.60. The highest BCUT2D eigenvalue weighted by Gasteiger charge is 2.10. The van der Waals surface area contributed by atoms with Gasteiger partial charge in [-0.25, -0.2) is 0 Å². The Labute approximate surface area is 141 Å². The van der Waals surface area contributed by atoms with Gasteiger partial charge in [0.05, 0.1) is 12.6 Å². The maximum Gasteiger partial charge on any atom is 0.251 e. The summed E-state index contributed by atoms with van der Waals surface area (Å²) in [6.45, 7) is 2.16. The van der Waals surface area contributed by atoms with Crippen molar-refractivity contribution in [3.8, 4) is 0 Å². The van der Waals surface area contributed by atoms with Gasteiger partial charge in [-0.3, -0.25) is 9.59 Å². The van der Waals surface area contributed by atoms with Gasteiger partial charge < -0.3 is 15.7 Å². The minimum Gasteiger partial charge on any atom is -0.388 e. The van der Waals surface area contributed by atoms with Crippen LogP contribution in [0.4, 0.5) is 0 Å². The second-order valence-electron chi connectivity index (χ2n) is 5.62. The van der Waals surface area contributed by atoms with Crippen LogP contribution < -0.4 is 10.6 Å². The van der Waals surface area contributed by atoms with Crippen LogP contribution in [0.1, 0.15) is 34.0 Å². The molecule has 0 aromatic heterocycles. The summed E-state index contributed by atoms with van der Waals surface area (Å²) in [7, 11) is 0. The van der Waals surface area contributed by atoms with Crippen LogP contribution in [0.25, 0.3) is 0 Å². The molecule has 5 nitrogen and oxygen atoms in total. The van der Waals surface area contributed by atoms with E-state index in [1.54, 1.807) is 18.2 Å². The molecule has 2 aromatic carbocycles. The van der Waals surface area contributed by atoms with E-state index in [1.807, 2.05) is 43.3 Å². The van der Waals surface area contributed by atoms with Crippen LogP contribution >= 0.6 is 0 Å². The summed E-state index contributed by atoms with van der Waals surface area (Å²) >= 11 is 0. The zero-order chi connectivity index (χ0) is 17.4. The van der Waals surface area contributed by atoms with E-state index in [0.29, 0.717) is 18.5 Å². The molecule has 0 fully saturated rings. The molecule has 0 saturated heterocycles. The van der Waals surface area contributed by atoms with E-state index < -0.39 is 6.10 Å². The predicted octanol–water partition coefficient (Wildman–Crippen LogP) is 1.96. The molecule has 24 heavy (non-hydrogen) atoms. The largest absolute Gasteiger partial charge is 0.388 e. The van der Waals surface area contributed by atoms with Crippen molar-refractivity contribution in [3.05, 3.63) is 71.3 Å². The van der Waals surface area contributed by atoms with Crippen molar-refractivity contribution in [1.82, 2.24) is 10.6 Å². The summed E-state index contributed by atoms with van der Waals surface area (Å²) in [5, 5.41) is 15.3. The lowest BCUT2D eigenvalue weighted by Gasteiger charge is -2.12. The van der Waals surface area contributed by atoms with E-state index >= 15 is 0 Å². The average molecular weight is 326 g/mol. The van der Waals surface area contributed by atoms with E-state index in [-0.39, 0.29) is 18.4 Å². The monoisotopic (exact) mass is 326 g/mol. The van der Waals surface area contributed by atoms with Gasteiger partial charge >= 0.3 is 0 Å². The lowest BCUT2D eigenvalue weighted by molar-refractivity contribution is -0.120. The van der Waals surface area contributed by atoms with Crippen molar-refractivity contribution in [2.75, 3.05) is 13.1 Å². The molecule has 0 aliphatic heterocycles. The fourth-order valence-electron chi connectivity index (χ4n) is 2.30. The molecule has 0 heterocycles. The Morgan fingerprint density at radius 1 is 1.04 bits per heavy atom. The Morgan fingerprint density at radius 2 is 1.79 bits per heavy atom. The zero-order valence-corrected chi connectivity index (χ0v) is 13.7. The number of nitrogens with one attached hydrogen (secondary N) is 2. The van der Waals surface area contributed by atoms with Crippen molar-refractivity contribution in [2.45, 2.75) is 19.4 Å². The van der Waals surface area contributed by atoms with E-state index in [4.69, 9.17) is 0 Å². The van der Waals surface area contributed by atoms with Gasteiger partial charge in [-0.15, -0.1) is 0 Å². The quantitative estimate of drug-likeness (QED) is 0.728. The molecule has 0 aliphatic rings. The molecular weight excluding hydrogens is 304 g/mol. The molecule has 0 saturated carbocycles. The molecule has 0 radical (unpaired) electrons. The van der Waals surface area contributed by atoms with Gasteiger partial charge in [0.25, 0.3) is 5.91 Å². The van der Waals surface area contributed by atoms with Crippen molar-refractivity contribution in [1.29, 1.82) is 0 Å². The summed E-state index contributed by atoms with van der Waals surface area (Å²) in [5.74, 6) is -0.561. The lowest BCUT2D eigenvalue weighted by atomic mass is 10.1. The Balaban J connectivity index is 1.69. The van der Waals surface area contributed by atoms with Crippen molar-refractivity contribution in [3.63, 3.8) is 0 Å². The number of aryl methyl sites for hydroxylation is 1. The molecule has 2 aromatic rings. The smallest absolute Gasteiger partial charge is 0.251 e. The second-order valence-corrected chi connectivity index (χ2v) is 5.62. The second kappa shape index (κ2) is 8.84. The molecule has 0 bridgehead atoms. The van der Waals surface area contributed by atoms with Crippen molar-refractivity contribution in [2.24, 2.45) is 0 Å². The van der Waals surface area contributed by atoms with Crippen LogP contribution in [0.15, 0.2) is 54.6 Å². The summed E-state index contributed by atoms with van der Waals surface area (Å²) in [5.41, 5.74) is 2.34. The van der Waals surface area contributed by atoms with E-state index in [1.165, 1.54) is 0 Å². The first-order chi connectivity index (χ1) is 11.6. The number of benzene rings is 2. The number of rotatable bonds is 7. The van der Waals surface area contributed by atoms with E-state index in [0.717, 1.165) is 11.1 Å². The van der Waals surface area contributed by atoms with Crippen LogP contribution in [0.2, 0.25) is 0 Å². The van der Waals surface area contributed by atoms with Gasteiger partial charge in [0.1, 0.15) is 0 Å². The summed E-state index contributed by atoms with van der Waals surface area (Å²) < 4.78 is 0. The third kappa shape index (κ3) is 5.52. The van der Waals surface area contributed by atoms with E-state index in [2.05, 4.69) is 10.6 Å². The van der Waals surface area contributed by atoms with Gasteiger partial charge in [-0.2, -0.15) is 0 Å². The topological polar surface area (TPSA) is 78.4 Å². The molecule has 3 N–H and O–H groups in total. The molecule has 0 aliphatic carbocycles. The number of hydrogen-bond acceptors (Lipinski definition) is 3. The van der Waals surface area contributed by atoms with Crippen LogP contribution in [0.3, 0.4) is 0 Å². The van der Waals surface area contributed by atoms with Gasteiger partial charge in [0, 0.05) is 12.1 Å². The minimum atomic E-state index is -0.617. The molecule has 2 amide bonds. The van der Waals surface area contributed by atoms with Gasteiger partial charge in [0.15, 0.2) is 0 Å². The molecule has 5 heteroatoms. The highest BCUT2D eigenvalue weighted by atomic mass is 16.3. The summed E-state index contributed by atoms with van der Waals surface area (Å²) in [6, 6.07) is 16.5. The van der Waals surface area contributed by atoms with Crippen molar-refractivity contribution >= 4 is 11.8 Å². The first-order valence-electron chi connectivity index (χ1n) is 7.91. The first kappa shape index (κ1) is 17.7. The third-order valence-corrected chi connectivity index (χ3v) is 3.61. The molecule has 0 spiro atoms. The highest BCUT2D eigenvalue weighted by molar-refractivity contribution is 5.96. The van der Waals surface area contributed by atoms with Crippen LogP contribution in [0.5, 0.6) is 0 Å². The number of hydrogen-bond donors (Lipinski definition) is 3. The molecule has 1 atom stereocenters. The fourth-order valence-corrected chi connectivity index (χ4v) is 2.30. The molecule has 2 rings (SSSR count). The van der Waals surface area contributed by atoms with Crippen molar-refractivity contribution < 1.29 is 14.7 Å². The maximum atomic E-state index is 11.9. The Bertz CT molecular complexity index is 686. The maximum absolute atomic E-state index is 11.9. The molecule has 126 valence electrons. The van der Waals surface area contributed by atoms with Gasteiger partial charge in [-0.1, -0.05) is 48.0 Å². The highest BCUT2D eigenvalue weighted by Crippen LogP contribution is 2.14. The standard InChI is InChI=1S/C19H22N2O3/c1-14-6-5-9-16(12-14)19(24)21-13-18(23)20-11-10-17(22)15-7-3-2-4-8-15/h2-9,12,17,22H,10-11,13H2,1H3,(H,20,23)(H,21,24). The summed E-state index contributed by atoms with van der Waals surface area (Å²) in [4.78, 5) is 23.7. The normalized spacial score (nSPS) is 11.6. The van der Waals surface area contributed by atoms with Gasteiger partial charge in [-0.05, 0) is 31.0 Å². The van der Waals surface area contributed by atoms with Crippen LogP contribution in [-0.2, 0) is 4.79 Å². The van der Waals surface area contributed by atoms with Crippen LogP contribution in [-0.4, -0.2) is 30.0 Å². The third-order valence-electron chi connectivity index (χ3n) is 3.61. The lowest BCUT2D eigenvalue weighted by Crippen LogP contribution is -2.37. The molecular formula is C19H22N2O3. The number of aliphatic hydroxyl groups is 1. The number of carbonyl (C=O) groups excluding carboxylic acids is 2. The van der Waals surface area contributed by atoms with E-state index in [9.17, 15) is 14.7 Å². The van der Waals surface area contributed by atoms with Gasteiger partial charge in [0.2, 0.25) is 5.91 Å². The number of carbonyl (C=O) groups is 2. The fraction of sp³-hybridized carbons (Fsp3) is 0.263. The number of amides is 2. The Morgan fingerprint density at radius 3 is 2.50 bits per heavy atom. The molecule has 1 unspecified atom stereocenters. The Kier molecular flexibility index (Phi) is 6.51. The minimum absolute atomic E-state index is 0.0891. The SMILES string of the molecule is Cc1cccc(C(=O)NCC(=O)NCCC(O)c2ccccc2)c1. The van der Waals surface area contributed by atoms with Crippen LogP contribution in [0, 0.1) is 6.92 Å². The zero-order valence-electron chi connectivity index (χ0n) is 13.7. The Hall–Kier alpha value is -2.66. The number of aliphatic hydroxyl groups excluding tert-OH is 1. The summed E-state index contributed by atoms with van der Waals surface area (Å²) in [6.07, 6.45) is -0.199. The predicted molar refractivity (Wildman–Crippen MR) is 92.5 cm³/mol. The first-order valence-corrected chi connectivity index (χ1v) is 7.91.